The molecule has 2 aliphatic rings. The first-order valence-corrected chi connectivity index (χ1v) is 7.28. The summed E-state index contributed by atoms with van der Waals surface area (Å²) in [6, 6.07) is 0. The molecule has 2 rings (SSSR count). The van der Waals surface area contributed by atoms with Gasteiger partial charge in [-0.2, -0.15) is 0 Å². The van der Waals surface area contributed by atoms with Gasteiger partial charge in [0.15, 0.2) is 0 Å². The summed E-state index contributed by atoms with van der Waals surface area (Å²) in [5, 5.41) is 0. The van der Waals surface area contributed by atoms with Gasteiger partial charge in [0, 0.05) is 0 Å². The van der Waals surface area contributed by atoms with Gasteiger partial charge in [0.2, 0.25) is 0 Å². The van der Waals surface area contributed by atoms with Crippen LogP contribution in [-0.4, -0.2) is 0 Å². The van der Waals surface area contributed by atoms with Crippen molar-refractivity contribution in [1.29, 1.82) is 0 Å². The van der Waals surface area contributed by atoms with Crippen LogP contribution in [0.4, 0.5) is 0 Å². The average Bonchev–Trinajstić information content (AvgIpc) is 2.29. The maximum atomic E-state index is 2.55. The van der Waals surface area contributed by atoms with Crippen LogP contribution in [0, 0.1) is 17.3 Å². The van der Waals surface area contributed by atoms with Gasteiger partial charge in [-0.15, -0.1) is 0 Å². The van der Waals surface area contributed by atoms with E-state index in [9.17, 15) is 0 Å². The van der Waals surface area contributed by atoms with Crippen LogP contribution in [0.15, 0.2) is 22.8 Å². The van der Waals surface area contributed by atoms with Gasteiger partial charge in [0.05, 0.1) is 0 Å². The molecular formula is C17H28. The second-order valence-corrected chi connectivity index (χ2v) is 6.75. The molecule has 0 aliphatic heterocycles. The van der Waals surface area contributed by atoms with Crippen molar-refractivity contribution in [3.63, 3.8) is 0 Å². The van der Waals surface area contributed by atoms with Crippen LogP contribution in [-0.2, 0) is 0 Å². The van der Waals surface area contributed by atoms with Crippen LogP contribution in [0.5, 0.6) is 0 Å². The zero-order valence-corrected chi connectivity index (χ0v) is 12.3. The average molecular weight is 232 g/mol. The van der Waals surface area contributed by atoms with Crippen molar-refractivity contribution in [2.75, 3.05) is 0 Å². The van der Waals surface area contributed by atoms with E-state index in [0.717, 1.165) is 11.8 Å². The highest BCUT2D eigenvalue weighted by Crippen LogP contribution is 2.53. The second kappa shape index (κ2) is 4.63. The molecular weight excluding hydrogens is 204 g/mol. The first-order valence-electron chi connectivity index (χ1n) is 7.28. The SMILES string of the molecule is CC(C)=C(C)[C@@H]1CCC2=CCC[C@@H](C)[C@]2(C)C1. The van der Waals surface area contributed by atoms with Crippen LogP contribution in [0.3, 0.4) is 0 Å². The van der Waals surface area contributed by atoms with Crippen LogP contribution >= 0.6 is 0 Å². The lowest BCUT2D eigenvalue weighted by Gasteiger charge is -2.47. The third-order valence-electron chi connectivity index (χ3n) is 5.65. The quantitative estimate of drug-likeness (QED) is 0.523. The third-order valence-corrected chi connectivity index (χ3v) is 5.65. The minimum atomic E-state index is 0.498. The molecule has 3 atom stereocenters. The van der Waals surface area contributed by atoms with Gasteiger partial charge in [-0.3, -0.25) is 0 Å². The van der Waals surface area contributed by atoms with E-state index in [4.69, 9.17) is 0 Å². The van der Waals surface area contributed by atoms with Crippen molar-refractivity contribution in [2.24, 2.45) is 17.3 Å². The molecule has 0 amide bonds. The monoisotopic (exact) mass is 232 g/mol. The van der Waals surface area contributed by atoms with Crippen molar-refractivity contribution in [3.05, 3.63) is 22.8 Å². The van der Waals surface area contributed by atoms with E-state index < -0.39 is 0 Å². The number of fused-ring (bicyclic) bond motifs is 1. The largest absolute Gasteiger partial charge is 0.0848 e. The Hall–Kier alpha value is -0.520. The second-order valence-electron chi connectivity index (χ2n) is 6.75. The van der Waals surface area contributed by atoms with E-state index in [-0.39, 0.29) is 0 Å². The molecule has 0 aromatic heterocycles. The fraction of sp³-hybridized carbons (Fsp3) is 0.765. The van der Waals surface area contributed by atoms with E-state index in [2.05, 4.69) is 40.7 Å². The number of rotatable bonds is 1. The highest BCUT2D eigenvalue weighted by atomic mass is 14.5. The number of hydrogen-bond donors (Lipinski definition) is 0. The Morgan fingerprint density at radius 3 is 2.59 bits per heavy atom. The Balaban J connectivity index is 2.24. The molecule has 0 N–H and O–H groups in total. The Morgan fingerprint density at radius 2 is 1.94 bits per heavy atom. The summed E-state index contributed by atoms with van der Waals surface area (Å²) >= 11 is 0. The van der Waals surface area contributed by atoms with Crippen molar-refractivity contribution in [2.45, 2.75) is 66.7 Å². The summed E-state index contributed by atoms with van der Waals surface area (Å²) in [5.41, 5.74) is 5.46. The molecule has 0 heteroatoms. The van der Waals surface area contributed by atoms with Gasteiger partial charge < -0.3 is 0 Å². The Labute approximate surface area is 107 Å². The molecule has 1 fully saturated rings. The minimum absolute atomic E-state index is 0.498. The van der Waals surface area contributed by atoms with E-state index in [0.29, 0.717) is 5.41 Å². The summed E-state index contributed by atoms with van der Waals surface area (Å²) in [4.78, 5) is 0. The normalized spacial score (nSPS) is 37.1. The lowest BCUT2D eigenvalue weighted by molar-refractivity contribution is 0.150. The molecule has 0 spiro atoms. The highest BCUT2D eigenvalue weighted by Gasteiger charge is 2.41. The van der Waals surface area contributed by atoms with Crippen molar-refractivity contribution < 1.29 is 0 Å². The van der Waals surface area contributed by atoms with Crippen LogP contribution in [0.25, 0.3) is 0 Å². The molecule has 2 aliphatic carbocycles. The summed E-state index contributed by atoms with van der Waals surface area (Å²) in [6.45, 7) is 11.9. The van der Waals surface area contributed by atoms with E-state index >= 15 is 0 Å². The van der Waals surface area contributed by atoms with Gasteiger partial charge >= 0.3 is 0 Å². The molecule has 1 saturated carbocycles. The number of hydrogen-bond acceptors (Lipinski definition) is 0. The van der Waals surface area contributed by atoms with Crippen LogP contribution in [0.1, 0.15) is 66.7 Å². The van der Waals surface area contributed by atoms with Gasteiger partial charge in [0.1, 0.15) is 0 Å². The zero-order valence-electron chi connectivity index (χ0n) is 12.3. The molecule has 0 aromatic rings. The van der Waals surface area contributed by atoms with Gasteiger partial charge in [-0.05, 0) is 70.1 Å². The molecule has 17 heavy (non-hydrogen) atoms. The zero-order chi connectivity index (χ0) is 12.6. The fourth-order valence-electron chi connectivity index (χ4n) is 3.82. The summed E-state index contributed by atoms with van der Waals surface area (Å²) in [7, 11) is 0. The molecule has 0 unspecified atom stereocenters. The molecule has 0 radical (unpaired) electrons. The van der Waals surface area contributed by atoms with Crippen molar-refractivity contribution >= 4 is 0 Å². The Morgan fingerprint density at radius 1 is 1.24 bits per heavy atom. The Bertz CT molecular complexity index is 354. The summed E-state index contributed by atoms with van der Waals surface area (Å²) in [5.74, 6) is 1.71. The van der Waals surface area contributed by atoms with Crippen LogP contribution < -0.4 is 0 Å². The first kappa shape index (κ1) is 12.9. The van der Waals surface area contributed by atoms with E-state index in [1.54, 1.807) is 11.1 Å². The lowest BCUT2D eigenvalue weighted by Crippen LogP contribution is -2.36. The maximum absolute atomic E-state index is 2.55. The molecule has 0 bridgehead atoms. The minimum Gasteiger partial charge on any atom is -0.0848 e. The molecule has 0 saturated heterocycles. The molecule has 0 heterocycles. The summed E-state index contributed by atoms with van der Waals surface area (Å²) in [6.07, 6.45) is 9.37. The first-order chi connectivity index (χ1) is 7.95. The van der Waals surface area contributed by atoms with Crippen molar-refractivity contribution in [3.8, 4) is 0 Å². The van der Waals surface area contributed by atoms with Gasteiger partial charge in [0.25, 0.3) is 0 Å². The Kier molecular flexibility index (Phi) is 3.52. The lowest BCUT2D eigenvalue weighted by atomic mass is 9.57. The van der Waals surface area contributed by atoms with E-state index in [1.165, 1.54) is 37.7 Å². The smallest absolute Gasteiger partial charge is 0.00850 e. The predicted molar refractivity (Wildman–Crippen MR) is 76.0 cm³/mol. The van der Waals surface area contributed by atoms with E-state index in [1.807, 2.05) is 0 Å². The standard InChI is InChI=1S/C17H28/c1-12(2)14(4)15-9-10-16-8-6-7-13(3)17(16,5)11-15/h8,13,15H,6-7,9-11H2,1-5H3/t13-,15-,17+/m1/s1. The predicted octanol–water partition coefficient (Wildman–Crippen LogP) is 5.51. The van der Waals surface area contributed by atoms with Crippen LogP contribution in [0.2, 0.25) is 0 Å². The molecule has 0 aromatic carbocycles. The van der Waals surface area contributed by atoms with Gasteiger partial charge in [-0.25, -0.2) is 0 Å². The fourth-order valence-corrected chi connectivity index (χ4v) is 3.82. The topological polar surface area (TPSA) is 0 Å². The highest BCUT2D eigenvalue weighted by molar-refractivity contribution is 5.24. The van der Waals surface area contributed by atoms with Gasteiger partial charge in [-0.1, -0.05) is 36.6 Å². The maximum Gasteiger partial charge on any atom is -0.00850 e. The third kappa shape index (κ3) is 2.23. The number of allylic oxidation sites excluding steroid dienone is 4. The summed E-state index contributed by atoms with van der Waals surface area (Å²) < 4.78 is 0. The molecule has 96 valence electrons. The molecule has 0 nitrogen and oxygen atoms in total. The van der Waals surface area contributed by atoms with Crippen molar-refractivity contribution in [1.82, 2.24) is 0 Å².